The summed E-state index contributed by atoms with van der Waals surface area (Å²) in [5.41, 5.74) is 2.06. The van der Waals surface area contributed by atoms with E-state index in [9.17, 15) is 0 Å². The Morgan fingerprint density at radius 2 is 1.95 bits per heavy atom. The number of rotatable bonds is 3. The van der Waals surface area contributed by atoms with Crippen LogP contribution in [0.1, 0.15) is 19.3 Å². The molecule has 5 heteroatoms. The van der Waals surface area contributed by atoms with Crippen molar-refractivity contribution in [2.24, 2.45) is 0 Å². The van der Waals surface area contributed by atoms with E-state index >= 15 is 0 Å². The monoisotopic (exact) mass is 295 g/mol. The Morgan fingerprint density at radius 3 is 2.74 bits per heavy atom. The fourth-order valence-corrected chi connectivity index (χ4v) is 3.30. The number of H-pyrrole nitrogens is 1. The molecular weight excluding hydrogens is 278 g/mol. The molecule has 0 bridgehead atoms. The molecule has 0 saturated carbocycles. The van der Waals surface area contributed by atoms with Gasteiger partial charge in [-0.15, -0.1) is 0 Å². The zero-order valence-electron chi connectivity index (χ0n) is 10.9. The molecule has 0 radical (unpaired) electrons. The second-order valence-electron chi connectivity index (χ2n) is 5.12. The molecule has 0 spiro atoms. The molecule has 102 valence electrons. The number of nitrogens with one attached hydrogen (secondary N) is 1. The largest absolute Gasteiger partial charge is 0.329 e. The highest BCUT2D eigenvalue weighted by atomic mass is 35.5. The molecule has 1 aliphatic rings. The lowest BCUT2D eigenvalue weighted by atomic mass is 10.1. The number of benzene rings is 1. The van der Waals surface area contributed by atoms with Crippen molar-refractivity contribution in [3.05, 3.63) is 28.0 Å². The van der Waals surface area contributed by atoms with Crippen molar-refractivity contribution in [2.75, 3.05) is 19.6 Å². The number of likely N-dealkylation sites (tertiary alicyclic amines) is 1. The van der Waals surface area contributed by atoms with Crippen molar-refractivity contribution in [3.8, 4) is 0 Å². The molecule has 0 amide bonds. The van der Waals surface area contributed by atoms with Gasteiger partial charge < -0.3 is 14.5 Å². The maximum atomic E-state index is 6.19. The third kappa shape index (κ3) is 2.71. The quantitative estimate of drug-likeness (QED) is 0.870. The Morgan fingerprint density at radius 1 is 1.16 bits per heavy atom. The summed E-state index contributed by atoms with van der Waals surface area (Å²) in [5.74, 6) is 0. The molecule has 0 unspecified atom stereocenters. The van der Waals surface area contributed by atoms with Gasteiger partial charge in [-0.2, -0.15) is 0 Å². The molecule has 3 nitrogen and oxygen atoms in total. The van der Waals surface area contributed by atoms with Gasteiger partial charge in [-0.3, -0.25) is 0 Å². The number of imidazole rings is 1. The van der Waals surface area contributed by atoms with Crippen molar-refractivity contribution in [2.45, 2.75) is 25.8 Å². The van der Waals surface area contributed by atoms with Crippen molar-refractivity contribution < 1.29 is 0 Å². The second-order valence-corrected chi connectivity index (χ2v) is 5.91. The van der Waals surface area contributed by atoms with Gasteiger partial charge in [0, 0.05) is 13.1 Å². The van der Waals surface area contributed by atoms with Crippen LogP contribution < -0.4 is 0 Å². The lowest BCUT2D eigenvalue weighted by Crippen LogP contribution is -2.32. The smallest absolute Gasteiger partial charge is 0.178 e. The standard InChI is InChI=1S/C14H18ClN3S/c15-11-5-4-6-12-13(11)16-14(19)18(12)10-9-17-7-2-1-3-8-17/h4-6H,1-3,7-10H2,(H,16,19). The summed E-state index contributed by atoms with van der Waals surface area (Å²) in [7, 11) is 0. The fourth-order valence-electron chi connectivity index (χ4n) is 2.79. The molecule has 1 aromatic heterocycles. The van der Waals surface area contributed by atoms with E-state index in [-0.39, 0.29) is 0 Å². The summed E-state index contributed by atoms with van der Waals surface area (Å²) in [4.78, 5) is 5.73. The first kappa shape index (κ1) is 13.2. The molecule has 0 aliphatic carbocycles. The average Bonchev–Trinajstić information content (AvgIpc) is 2.75. The van der Waals surface area contributed by atoms with Crippen molar-refractivity contribution in [3.63, 3.8) is 0 Å². The molecule has 1 fully saturated rings. The average molecular weight is 296 g/mol. The molecule has 1 saturated heterocycles. The molecule has 2 heterocycles. The van der Waals surface area contributed by atoms with Gasteiger partial charge in [-0.25, -0.2) is 0 Å². The number of piperidine rings is 1. The first-order valence-corrected chi connectivity index (χ1v) is 7.64. The van der Waals surface area contributed by atoms with E-state index in [1.807, 2.05) is 12.1 Å². The number of hydrogen-bond acceptors (Lipinski definition) is 2. The first-order valence-electron chi connectivity index (χ1n) is 6.85. The molecule has 2 aromatic rings. The highest BCUT2D eigenvalue weighted by molar-refractivity contribution is 7.71. The minimum atomic E-state index is 0.736. The minimum Gasteiger partial charge on any atom is -0.329 e. The highest BCUT2D eigenvalue weighted by Gasteiger charge is 2.12. The van der Waals surface area contributed by atoms with Gasteiger partial charge in [0.15, 0.2) is 4.77 Å². The van der Waals surface area contributed by atoms with E-state index in [1.54, 1.807) is 0 Å². The Kier molecular flexibility index (Phi) is 3.91. The van der Waals surface area contributed by atoms with Crippen LogP contribution in [0.2, 0.25) is 5.02 Å². The third-order valence-corrected chi connectivity index (χ3v) is 4.49. The fraction of sp³-hybridized carbons (Fsp3) is 0.500. The van der Waals surface area contributed by atoms with Gasteiger partial charge in [0.2, 0.25) is 0 Å². The van der Waals surface area contributed by atoms with Gasteiger partial charge in [-0.1, -0.05) is 24.1 Å². The predicted octanol–water partition coefficient (Wildman–Crippen LogP) is 3.84. The van der Waals surface area contributed by atoms with Crippen LogP contribution in [0.15, 0.2) is 18.2 Å². The Bertz CT molecular complexity index is 625. The van der Waals surface area contributed by atoms with Crippen molar-refractivity contribution in [1.29, 1.82) is 0 Å². The molecule has 1 aliphatic heterocycles. The van der Waals surface area contributed by atoms with Gasteiger partial charge in [0.1, 0.15) is 0 Å². The summed E-state index contributed by atoms with van der Waals surface area (Å²) in [6.07, 6.45) is 4.02. The van der Waals surface area contributed by atoms with Gasteiger partial charge in [-0.05, 0) is 50.3 Å². The maximum absolute atomic E-state index is 6.19. The number of para-hydroxylation sites is 1. The van der Waals surface area contributed by atoms with Crippen LogP contribution in [-0.4, -0.2) is 34.1 Å². The van der Waals surface area contributed by atoms with Crippen LogP contribution in [0, 0.1) is 4.77 Å². The van der Waals surface area contributed by atoms with Gasteiger partial charge >= 0.3 is 0 Å². The van der Waals surface area contributed by atoms with Crippen LogP contribution >= 0.6 is 23.8 Å². The SMILES string of the molecule is S=c1[nH]c2c(Cl)cccc2n1CCN1CCCCC1. The molecular formula is C14H18ClN3S. The zero-order chi connectivity index (χ0) is 13.2. The van der Waals surface area contributed by atoms with E-state index in [0.29, 0.717) is 0 Å². The lowest BCUT2D eigenvalue weighted by molar-refractivity contribution is 0.221. The number of aromatic amines is 1. The normalized spacial score (nSPS) is 17.1. The van der Waals surface area contributed by atoms with E-state index in [0.717, 1.165) is 33.9 Å². The minimum absolute atomic E-state index is 0.736. The number of aromatic nitrogens is 2. The first-order chi connectivity index (χ1) is 9.25. The van der Waals surface area contributed by atoms with E-state index in [2.05, 4.69) is 20.5 Å². The number of halogens is 1. The second kappa shape index (κ2) is 5.65. The van der Waals surface area contributed by atoms with E-state index in [4.69, 9.17) is 23.8 Å². The topological polar surface area (TPSA) is 24.0 Å². The summed E-state index contributed by atoms with van der Waals surface area (Å²) in [6.45, 7) is 4.43. The van der Waals surface area contributed by atoms with Crippen LogP contribution in [0.5, 0.6) is 0 Å². The zero-order valence-corrected chi connectivity index (χ0v) is 12.4. The summed E-state index contributed by atoms with van der Waals surface area (Å²) in [5, 5.41) is 0.736. The number of hydrogen-bond donors (Lipinski definition) is 1. The van der Waals surface area contributed by atoms with E-state index < -0.39 is 0 Å². The summed E-state index contributed by atoms with van der Waals surface area (Å²) in [6, 6.07) is 5.94. The molecule has 1 N–H and O–H groups in total. The Labute approximate surface area is 123 Å². The van der Waals surface area contributed by atoms with Crippen LogP contribution in [-0.2, 0) is 6.54 Å². The maximum Gasteiger partial charge on any atom is 0.178 e. The number of nitrogens with zero attached hydrogens (tertiary/aromatic N) is 2. The van der Waals surface area contributed by atoms with Crippen LogP contribution in [0.4, 0.5) is 0 Å². The predicted molar refractivity (Wildman–Crippen MR) is 82.4 cm³/mol. The van der Waals surface area contributed by atoms with Crippen LogP contribution in [0.3, 0.4) is 0 Å². The Hall–Kier alpha value is -0.840. The molecule has 3 rings (SSSR count). The molecule has 0 atom stereocenters. The number of fused-ring (bicyclic) bond motifs is 1. The van der Waals surface area contributed by atoms with Crippen LogP contribution in [0.25, 0.3) is 11.0 Å². The Balaban J connectivity index is 1.82. The van der Waals surface area contributed by atoms with Gasteiger partial charge in [0.25, 0.3) is 0 Å². The molecule has 19 heavy (non-hydrogen) atoms. The highest BCUT2D eigenvalue weighted by Crippen LogP contribution is 2.22. The summed E-state index contributed by atoms with van der Waals surface area (Å²) < 4.78 is 2.92. The van der Waals surface area contributed by atoms with Crippen molar-refractivity contribution in [1.82, 2.24) is 14.5 Å². The summed E-state index contributed by atoms with van der Waals surface area (Å²) >= 11 is 11.6. The van der Waals surface area contributed by atoms with Crippen molar-refractivity contribution >= 4 is 34.9 Å². The van der Waals surface area contributed by atoms with Gasteiger partial charge in [0.05, 0.1) is 16.1 Å². The molecule has 1 aromatic carbocycles. The third-order valence-electron chi connectivity index (χ3n) is 3.85. The van der Waals surface area contributed by atoms with E-state index in [1.165, 1.54) is 32.4 Å². The lowest BCUT2D eigenvalue weighted by Gasteiger charge is -2.26.